The van der Waals surface area contributed by atoms with E-state index in [1.807, 2.05) is 0 Å². The molecule has 0 atom stereocenters. The van der Waals surface area contributed by atoms with Gasteiger partial charge in [0.1, 0.15) is 16.4 Å². The van der Waals surface area contributed by atoms with Crippen molar-refractivity contribution in [1.82, 2.24) is 5.32 Å². The summed E-state index contributed by atoms with van der Waals surface area (Å²) in [6.07, 6.45) is 0.150. The van der Waals surface area contributed by atoms with Gasteiger partial charge >= 0.3 is 5.97 Å². The minimum Gasteiger partial charge on any atom is -0.497 e. The van der Waals surface area contributed by atoms with Crippen molar-refractivity contribution in [3.05, 3.63) is 45.6 Å². The third-order valence-corrected chi connectivity index (χ3v) is 4.24. The number of thiophene rings is 1. The molecule has 0 saturated carbocycles. The molecule has 0 radical (unpaired) electrons. The van der Waals surface area contributed by atoms with Gasteiger partial charge in [-0.1, -0.05) is 0 Å². The predicted molar refractivity (Wildman–Crippen MR) is 86.4 cm³/mol. The highest BCUT2D eigenvalue weighted by molar-refractivity contribution is 7.13. The van der Waals surface area contributed by atoms with E-state index < -0.39 is 5.97 Å². The van der Waals surface area contributed by atoms with Gasteiger partial charge in [0, 0.05) is 10.4 Å². The van der Waals surface area contributed by atoms with Crippen molar-refractivity contribution in [1.29, 1.82) is 0 Å². The smallest absolute Gasteiger partial charge is 0.345 e. The van der Waals surface area contributed by atoms with E-state index in [0.717, 1.165) is 21.8 Å². The summed E-state index contributed by atoms with van der Waals surface area (Å²) in [7, 11) is 3.10. The molecule has 0 saturated heterocycles. The maximum absolute atomic E-state index is 12.1. The molecule has 1 aromatic heterocycles. The van der Waals surface area contributed by atoms with Gasteiger partial charge in [-0.05, 0) is 30.3 Å². The Morgan fingerprint density at radius 3 is 2.57 bits per heavy atom. The van der Waals surface area contributed by atoms with Crippen LogP contribution in [0.1, 0.15) is 20.1 Å². The zero-order valence-electron chi connectivity index (χ0n) is 12.8. The van der Waals surface area contributed by atoms with Crippen LogP contribution in [0.3, 0.4) is 0 Å². The molecule has 7 heteroatoms. The van der Waals surface area contributed by atoms with Crippen LogP contribution in [0.25, 0.3) is 0 Å². The fraction of sp³-hybridized carbons (Fsp3) is 0.250. The Kier molecular flexibility index (Phi) is 5.59. The lowest BCUT2D eigenvalue weighted by atomic mass is 10.1. The Balaban J connectivity index is 1.97. The SMILES string of the molecule is COc1ccc(OC)c(CC(=O)NCc2ccc(C(=O)O)s2)c1. The molecule has 1 heterocycles. The van der Waals surface area contributed by atoms with E-state index in [4.69, 9.17) is 14.6 Å². The van der Waals surface area contributed by atoms with Gasteiger partial charge in [-0.25, -0.2) is 4.79 Å². The quantitative estimate of drug-likeness (QED) is 0.811. The molecule has 0 spiro atoms. The van der Waals surface area contributed by atoms with Crippen molar-refractivity contribution in [3.63, 3.8) is 0 Å². The monoisotopic (exact) mass is 335 g/mol. The molecule has 0 unspecified atom stereocenters. The second-order valence-corrected chi connectivity index (χ2v) is 5.87. The van der Waals surface area contributed by atoms with Crippen molar-refractivity contribution in [3.8, 4) is 11.5 Å². The van der Waals surface area contributed by atoms with Gasteiger partial charge < -0.3 is 19.9 Å². The second-order valence-electron chi connectivity index (χ2n) is 4.70. The summed E-state index contributed by atoms with van der Waals surface area (Å²) in [5.41, 5.74) is 0.724. The molecule has 2 rings (SSSR count). The highest BCUT2D eigenvalue weighted by Crippen LogP contribution is 2.24. The van der Waals surface area contributed by atoms with Gasteiger partial charge in [0.2, 0.25) is 5.91 Å². The lowest BCUT2D eigenvalue weighted by Gasteiger charge is -2.10. The molecule has 0 bridgehead atoms. The average Bonchev–Trinajstić information content (AvgIpc) is 3.02. The molecule has 0 aliphatic rings. The minimum absolute atomic E-state index is 0.150. The number of hydrogen-bond donors (Lipinski definition) is 2. The number of nitrogens with one attached hydrogen (secondary N) is 1. The van der Waals surface area contributed by atoms with Crippen LogP contribution in [0.4, 0.5) is 0 Å². The average molecular weight is 335 g/mol. The van der Waals surface area contributed by atoms with Crippen molar-refractivity contribution < 1.29 is 24.2 Å². The fourth-order valence-corrected chi connectivity index (χ4v) is 2.82. The Morgan fingerprint density at radius 2 is 1.96 bits per heavy atom. The first kappa shape index (κ1) is 16.8. The van der Waals surface area contributed by atoms with E-state index in [0.29, 0.717) is 18.0 Å². The molecule has 0 aliphatic carbocycles. The first-order valence-electron chi connectivity index (χ1n) is 6.83. The minimum atomic E-state index is -0.964. The van der Waals surface area contributed by atoms with Gasteiger partial charge in [0.05, 0.1) is 27.2 Å². The molecule has 23 heavy (non-hydrogen) atoms. The lowest BCUT2D eigenvalue weighted by molar-refractivity contribution is -0.120. The van der Waals surface area contributed by atoms with Crippen molar-refractivity contribution in [2.24, 2.45) is 0 Å². The maximum atomic E-state index is 12.1. The van der Waals surface area contributed by atoms with Crippen LogP contribution in [0.15, 0.2) is 30.3 Å². The van der Waals surface area contributed by atoms with Crippen molar-refractivity contribution in [2.45, 2.75) is 13.0 Å². The summed E-state index contributed by atoms with van der Waals surface area (Å²) in [5.74, 6) is 0.124. The number of methoxy groups -OCH3 is 2. The van der Waals surface area contributed by atoms with E-state index in [-0.39, 0.29) is 17.2 Å². The van der Waals surface area contributed by atoms with Crippen molar-refractivity contribution >= 4 is 23.2 Å². The Hall–Kier alpha value is -2.54. The fourth-order valence-electron chi connectivity index (χ4n) is 2.03. The molecule has 1 amide bonds. The number of carboxylic acid groups (broad SMARTS) is 1. The molecular weight excluding hydrogens is 318 g/mol. The van der Waals surface area contributed by atoms with Crippen LogP contribution in [-0.2, 0) is 17.8 Å². The summed E-state index contributed by atoms with van der Waals surface area (Å²) in [6, 6.07) is 8.49. The predicted octanol–water partition coefficient (Wildman–Crippen LogP) is 2.32. The zero-order valence-corrected chi connectivity index (χ0v) is 13.6. The second kappa shape index (κ2) is 7.64. The van der Waals surface area contributed by atoms with Crippen LogP contribution in [0, 0.1) is 0 Å². The number of benzene rings is 1. The van der Waals surface area contributed by atoms with Crippen LogP contribution in [0.5, 0.6) is 11.5 Å². The van der Waals surface area contributed by atoms with Crippen LogP contribution >= 0.6 is 11.3 Å². The number of rotatable bonds is 7. The lowest BCUT2D eigenvalue weighted by Crippen LogP contribution is -2.24. The molecule has 2 N–H and O–H groups in total. The first-order chi connectivity index (χ1) is 11.0. The Labute approximate surface area is 137 Å². The number of carbonyl (C=O) groups excluding carboxylic acids is 1. The summed E-state index contributed by atoms with van der Waals surface area (Å²) >= 11 is 1.14. The number of amides is 1. The molecular formula is C16H17NO5S. The van der Waals surface area contributed by atoms with E-state index in [2.05, 4.69) is 5.32 Å². The third-order valence-electron chi connectivity index (χ3n) is 3.17. The number of hydrogen-bond acceptors (Lipinski definition) is 5. The van der Waals surface area contributed by atoms with E-state index in [1.165, 1.54) is 6.07 Å². The number of carboxylic acids is 1. The topological polar surface area (TPSA) is 84.9 Å². The molecule has 6 nitrogen and oxygen atoms in total. The highest BCUT2D eigenvalue weighted by atomic mass is 32.1. The molecule has 0 aliphatic heterocycles. The van der Waals surface area contributed by atoms with Crippen LogP contribution < -0.4 is 14.8 Å². The molecule has 122 valence electrons. The van der Waals surface area contributed by atoms with Gasteiger partial charge in [0.25, 0.3) is 0 Å². The largest absolute Gasteiger partial charge is 0.497 e. The van der Waals surface area contributed by atoms with E-state index in [1.54, 1.807) is 38.5 Å². The normalized spacial score (nSPS) is 10.2. The van der Waals surface area contributed by atoms with E-state index in [9.17, 15) is 9.59 Å². The van der Waals surface area contributed by atoms with Crippen LogP contribution in [-0.4, -0.2) is 31.2 Å². The first-order valence-corrected chi connectivity index (χ1v) is 7.64. The van der Waals surface area contributed by atoms with Gasteiger partial charge in [-0.3, -0.25) is 4.79 Å². The summed E-state index contributed by atoms with van der Waals surface area (Å²) in [6.45, 7) is 0.295. The zero-order chi connectivity index (χ0) is 16.8. The summed E-state index contributed by atoms with van der Waals surface area (Å²) in [4.78, 5) is 23.9. The molecule has 0 fully saturated rings. The van der Waals surface area contributed by atoms with Crippen LogP contribution in [0.2, 0.25) is 0 Å². The maximum Gasteiger partial charge on any atom is 0.345 e. The number of aromatic carboxylic acids is 1. The molecule has 2 aromatic rings. The number of carbonyl (C=O) groups is 2. The van der Waals surface area contributed by atoms with Crippen molar-refractivity contribution in [2.75, 3.05) is 14.2 Å². The highest BCUT2D eigenvalue weighted by Gasteiger charge is 2.11. The number of ether oxygens (including phenoxy) is 2. The summed E-state index contributed by atoms with van der Waals surface area (Å²) in [5, 5.41) is 11.6. The standard InChI is InChI=1S/C16H17NO5S/c1-21-11-3-5-13(22-2)10(7-11)8-15(18)17-9-12-4-6-14(23-12)16(19)20/h3-7H,8-9H2,1-2H3,(H,17,18)(H,19,20). The van der Waals surface area contributed by atoms with Gasteiger partial charge in [0.15, 0.2) is 0 Å². The summed E-state index contributed by atoms with van der Waals surface area (Å²) < 4.78 is 10.4. The Bertz CT molecular complexity index is 710. The van der Waals surface area contributed by atoms with Gasteiger partial charge in [-0.2, -0.15) is 0 Å². The molecule has 1 aromatic carbocycles. The third kappa shape index (κ3) is 4.46. The van der Waals surface area contributed by atoms with Gasteiger partial charge in [-0.15, -0.1) is 11.3 Å². The Morgan fingerprint density at radius 1 is 1.17 bits per heavy atom. The van der Waals surface area contributed by atoms with E-state index >= 15 is 0 Å².